The highest BCUT2D eigenvalue weighted by Gasteiger charge is 2.44. The molecule has 0 saturated carbocycles. The number of fused-ring (bicyclic) bond motifs is 1. The Kier molecular flexibility index (Phi) is 5.29. The number of allylic oxidation sites excluding steroid dienone is 1. The third-order valence-electron chi connectivity index (χ3n) is 5.01. The molecule has 0 fully saturated rings. The molecule has 29 heavy (non-hydrogen) atoms. The van der Waals surface area contributed by atoms with Crippen LogP contribution in [0.2, 0.25) is 0 Å². The molecule has 0 aromatic heterocycles. The quantitative estimate of drug-likeness (QED) is 0.322. The zero-order valence-corrected chi connectivity index (χ0v) is 16.8. The molecule has 8 nitrogen and oxygen atoms in total. The number of hydrogen-bond donors (Lipinski definition) is 2. The molecule has 0 atom stereocenters. The first-order chi connectivity index (χ1) is 13.5. The highest BCUT2D eigenvalue weighted by Crippen LogP contribution is 2.40. The van der Waals surface area contributed by atoms with Crippen LogP contribution in [-0.4, -0.2) is 45.6 Å². The van der Waals surface area contributed by atoms with Gasteiger partial charge >= 0.3 is 0 Å². The largest absolute Gasteiger partial charge is 0.507 e. The molecule has 1 aliphatic rings. The maximum absolute atomic E-state index is 11.3. The lowest BCUT2D eigenvalue weighted by atomic mass is 9.81. The number of rotatable bonds is 6. The van der Waals surface area contributed by atoms with Gasteiger partial charge in [-0.2, -0.15) is 13.0 Å². The van der Waals surface area contributed by atoms with Gasteiger partial charge in [0.15, 0.2) is 12.3 Å². The molecular weight excluding hydrogens is 396 g/mol. The van der Waals surface area contributed by atoms with Crippen molar-refractivity contribution < 1.29 is 27.6 Å². The second kappa shape index (κ2) is 7.41. The van der Waals surface area contributed by atoms with Crippen molar-refractivity contribution in [3.05, 3.63) is 69.8 Å². The summed E-state index contributed by atoms with van der Waals surface area (Å²) in [6.45, 7) is 4.00. The molecule has 9 heteroatoms. The van der Waals surface area contributed by atoms with Crippen molar-refractivity contribution in [2.75, 3.05) is 12.3 Å². The van der Waals surface area contributed by atoms with Crippen LogP contribution in [0.25, 0.3) is 6.08 Å². The van der Waals surface area contributed by atoms with E-state index in [4.69, 9.17) is 0 Å². The first-order valence-electron chi connectivity index (χ1n) is 8.86. The van der Waals surface area contributed by atoms with Crippen molar-refractivity contribution in [3.63, 3.8) is 0 Å². The lowest BCUT2D eigenvalue weighted by molar-refractivity contribution is -0.432. The number of phenols is 1. The lowest BCUT2D eigenvalue weighted by Gasteiger charge is -2.15. The van der Waals surface area contributed by atoms with Crippen LogP contribution in [0.5, 0.6) is 5.75 Å². The highest BCUT2D eigenvalue weighted by molar-refractivity contribution is 7.85. The third-order valence-corrected chi connectivity index (χ3v) is 5.71. The average molecular weight is 417 g/mol. The molecular formula is C20H21N2O6S+. The SMILES string of the molecule is CC1(C)C(C=Cc2cc([N+](=O)[O-])ccc2O)=[N+](CCS(=O)(=O)O)c2ccccc21. The van der Waals surface area contributed by atoms with E-state index in [1.54, 1.807) is 16.7 Å². The number of aromatic hydroxyl groups is 1. The van der Waals surface area contributed by atoms with Gasteiger partial charge in [-0.3, -0.25) is 14.7 Å². The van der Waals surface area contributed by atoms with Crippen LogP contribution >= 0.6 is 0 Å². The van der Waals surface area contributed by atoms with E-state index in [9.17, 15) is 28.2 Å². The molecule has 0 bridgehead atoms. The first-order valence-corrected chi connectivity index (χ1v) is 10.5. The summed E-state index contributed by atoms with van der Waals surface area (Å²) in [5.41, 5.74) is 2.19. The normalized spacial score (nSPS) is 15.7. The zero-order chi connectivity index (χ0) is 21.4. The summed E-state index contributed by atoms with van der Waals surface area (Å²) >= 11 is 0. The van der Waals surface area contributed by atoms with E-state index in [0.29, 0.717) is 0 Å². The molecule has 152 valence electrons. The summed E-state index contributed by atoms with van der Waals surface area (Å²) in [4.78, 5) is 10.5. The minimum Gasteiger partial charge on any atom is -0.507 e. The second-order valence-corrected chi connectivity index (χ2v) is 8.87. The Bertz CT molecular complexity index is 1150. The van der Waals surface area contributed by atoms with Crippen molar-refractivity contribution in [2.24, 2.45) is 0 Å². The monoisotopic (exact) mass is 417 g/mol. The molecule has 0 aliphatic carbocycles. The van der Waals surface area contributed by atoms with Crippen LogP contribution in [-0.2, 0) is 15.5 Å². The highest BCUT2D eigenvalue weighted by atomic mass is 32.2. The van der Waals surface area contributed by atoms with Gasteiger partial charge in [-0.05, 0) is 26.0 Å². The fourth-order valence-electron chi connectivity index (χ4n) is 3.55. The van der Waals surface area contributed by atoms with E-state index in [2.05, 4.69) is 0 Å². The van der Waals surface area contributed by atoms with Crippen molar-refractivity contribution in [2.45, 2.75) is 19.3 Å². The lowest BCUT2D eigenvalue weighted by Crippen LogP contribution is -2.29. The van der Waals surface area contributed by atoms with Gasteiger partial charge in [0.25, 0.3) is 15.8 Å². The fraction of sp³-hybridized carbons (Fsp3) is 0.250. The zero-order valence-electron chi connectivity index (χ0n) is 15.9. The number of benzene rings is 2. The number of para-hydroxylation sites is 1. The van der Waals surface area contributed by atoms with Gasteiger partial charge in [0.2, 0.25) is 5.69 Å². The van der Waals surface area contributed by atoms with Crippen LogP contribution < -0.4 is 0 Å². The Balaban J connectivity index is 2.10. The predicted molar refractivity (Wildman–Crippen MR) is 109 cm³/mol. The van der Waals surface area contributed by atoms with Gasteiger partial charge in [-0.1, -0.05) is 18.2 Å². The molecule has 1 aliphatic heterocycles. The molecule has 0 unspecified atom stereocenters. The number of nitro benzene ring substituents is 1. The Morgan fingerprint density at radius 2 is 1.86 bits per heavy atom. The Morgan fingerprint density at radius 1 is 1.17 bits per heavy atom. The summed E-state index contributed by atoms with van der Waals surface area (Å²) in [6.07, 6.45) is 3.27. The van der Waals surface area contributed by atoms with Crippen LogP contribution in [0.1, 0.15) is 25.0 Å². The van der Waals surface area contributed by atoms with Gasteiger partial charge in [0.1, 0.15) is 11.5 Å². The second-order valence-electron chi connectivity index (χ2n) is 7.30. The maximum Gasteiger partial charge on any atom is 0.271 e. The van der Waals surface area contributed by atoms with Gasteiger partial charge < -0.3 is 5.11 Å². The minimum atomic E-state index is -4.16. The predicted octanol–water partition coefficient (Wildman–Crippen LogP) is 3.28. The molecule has 1 heterocycles. The molecule has 2 N–H and O–H groups in total. The molecule has 2 aromatic rings. The van der Waals surface area contributed by atoms with E-state index in [-0.39, 0.29) is 23.5 Å². The number of nitro groups is 1. The summed E-state index contributed by atoms with van der Waals surface area (Å²) in [7, 11) is -4.16. The number of nitrogens with zero attached hydrogens (tertiary/aromatic N) is 2. The minimum absolute atomic E-state index is 0.0415. The molecule has 0 saturated heterocycles. The number of hydrogen-bond acceptors (Lipinski definition) is 5. The van der Waals surface area contributed by atoms with E-state index in [0.717, 1.165) is 17.0 Å². The third kappa shape index (κ3) is 4.20. The fourth-order valence-corrected chi connectivity index (χ4v) is 3.96. The average Bonchev–Trinajstić information content (AvgIpc) is 2.85. The summed E-state index contributed by atoms with van der Waals surface area (Å²) in [5.74, 6) is -0.554. The van der Waals surface area contributed by atoms with Crippen LogP contribution in [0.15, 0.2) is 48.5 Å². The van der Waals surface area contributed by atoms with Crippen LogP contribution in [0.4, 0.5) is 11.4 Å². The van der Waals surface area contributed by atoms with E-state index < -0.39 is 26.2 Å². The summed E-state index contributed by atoms with van der Waals surface area (Å²) in [6, 6.07) is 11.3. The smallest absolute Gasteiger partial charge is 0.271 e. The topological polar surface area (TPSA) is 121 Å². The maximum atomic E-state index is 11.3. The molecule has 2 aromatic carbocycles. The first kappa shape index (κ1) is 20.7. The van der Waals surface area contributed by atoms with E-state index in [1.165, 1.54) is 18.2 Å². The van der Waals surface area contributed by atoms with Gasteiger partial charge in [0.05, 0.1) is 10.3 Å². The van der Waals surface area contributed by atoms with Crippen LogP contribution in [0, 0.1) is 10.1 Å². The van der Waals surface area contributed by atoms with E-state index in [1.807, 2.05) is 38.1 Å². The van der Waals surface area contributed by atoms with Gasteiger partial charge in [-0.25, -0.2) is 0 Å². The molecule has 0 radical (unpaired) electrons. The van der Waals surface area contributed by atoms with Crippen molar-refractivity contribution in [1.82, 2.24) is 0 Å². The Labute approximate surface area is 168 Å². The molecule has 0 amide bonds. The Hall–Kier alpha value is -3.04. The van der Waals surface area contributed by atoms with Crippen molar-refractivity contribution in [3.8, 4) is 5.75 Å². The summed E-state index contributed by atoms with van der Waals surface area (Å²) in [5, 5.41) is 21.1. The van der Waals surface area contributed by atoms with E-state index >= 15 is 0 Å². The number of phenolic OH excluding ortho intramolecular Hbond substituents is 1. The van der Waals surface area contributed by atoms with Crippen molar-refractivity contribution in [1.29, 1.82) is 0 Å². The standard InChI is InChI=1S/C20H20N2O6S/c1-20(2)16-5-3-4-6-17(16)21(11-12-29(26,27)28)19(20)10-7-14-13-15(22(24)25)8-9-18(14)23/h3-10,13H,11-12H2,1-2H3,(H,26,27,28)/p+1. The Morgan fingerprint density at radius 3 is 2.52 bits per heavy atom. The molecule has 0 spiro atoms. The van der Waals surface area contributed by atoms with Crippen LogP contribution in [0.3, 0.4) is 0 Å². The van der Waals surface area contributed by atoms with Gasteiger partial charge in [0, 0.05) is 35.4 Å². The van der Waals surface area contributed by atoms with Gasteiger partial charge in [-0.15, -0.1) is 0 Å². The van der Waals surface area contributed by atoms with Crippen molar-refractivity contribution >= 4 is 33.3 Å². The summed E-state index contributed by atoms with van der Waals surface area (Å²) < 4.78 is 33.6. The number of non-ortho nitro benzene ring substituents is 1. The molecule has 3 rings (SSSR count).